The molecule has 0 fully saturated rings. The van der Waals surface area contributed by atoms with Crippen LogP contribution in [0, 0.1) is 11.3 Å². The standard InChI is InChI=1S/C19H14N2/c20-11-10-17(21)15-8-6-14-5-4-12-2-1-3-13-7-9-16(15)19(14)18(12)13/h1-9,17H,10,21H2/t17-/m0/s1. The van der Waals surface area contributed by atoms with Crippen molar-refractivity contribution < 1.29 is 0 Å². The maximum atomic E-state index is 8.91. The van der Waals surface area contributed by atoms with E-state index in [0.29, 0.717) is 6.42 Å². The fraction of sp³-hybridized carbons (Fsp3) is 0.105. The van der Waals surface area contributed by atoms with E-state index in [0.717, 1.165) is 5.56 Å². The minimum atomic E-state index is -0.237. The van der Waals surface area contributed by atoms with Crippen molar-refractivity contribution in [1.82, 2.24) is 0 Å². The molecule has 0 aromatic heterocycles. The average molecular weight is 270 g/mol. The van der Waals surface area contributed by atoms with Gasteiger partial charge in [-0.25, -0.2) is 0 Å². The van der Waals surface area contributed by atoms with Crippen molar-refractivity contribution in [3.63, 3.8) is 0 Å². The predicted octanol–water partition coefficient (Wildman–Crippen LogP) is 4.50. The Hall–Kier alpha value is -2.63. The zero-order valence-corrected chi connectivity index (χ0v) is 11.5. The molecule has 0 unspecified atom stereocenters. The summed E-state index contributed by atoms with van der Waals surface area (Å²) in [6, 6.07) is 21.1. The van der Waals surface area contributed by atoms with Gasteiger partial charge in [0.15, 0.2) is 0 Å². The van der Waals surface area contributed by atoms with Crippen molar-refractivity contribution in [1.29, 1.82) is 5.26 Å². The minimum Gasteiger partial charge on any atom is -0.323 e. The Balaban J connectivity index is 2.18. The zero-order chi connectivity index (χ0) is 14.4. The Bertz CT molecular complexity index is 979. The molecule has 1 atom stereocenters. The van der Waals surface area contributed by atoms with Gasteiger partial charge in [-0.05, 0) is 37.9 Å². The van der Waals surface area contributed by atoms with Crippen molar-refractivity contribution in [3.05, 3.63) is 60.2 Å². The Morgan fingerprint density at radius 2 is 1.48 bits per heavy atom. The first-order valence-corrected chi connectivity index (χ1v) is 7.08. The maximum Gasteiger partial charge on any atom is 0.0641 e. The molecule has 0 amide bonds. The molecule has 0 bridgehead atoms. The smallest absolute Gasteiger partial charge is 0.0641 e. The summed E-state index contributed by atoms with van der Waals surface area (Å²) in [7, 11) is 0. The normalized spacial score (nSPS) is 13.0. The lowest BCUT2D eigenvalue weighted by molar-refractivity contribution is 0.755. The molecule has 0 aliphatic carbocycles. The molecule has 0 saturated carbocycles. The van der Waals surface area contributed by atoms with Gasteiger partial charge < -0.3 is 5.73 Å². The van der Waals surface area contributed by atoms with Crippen LogP contribution in [0.25, 0.3) is 32.3 Å². The van der Waals surface area contributed by atoms with Crippen molar-refractivity contribution >= 4 is 32.3 Å². The minimum absolute atomic E-state index is 0.237. The van der Waals surface area contributed by atoms with Crippen LogP contribution in [-0.2, 0) is 0 Å². The topological polar surface area (TPSA) is 49.8 Å². The molecule has 4 aromatic rings. The highest BCUT2D eigenvalue weighted by molar-refractivity contribution is 6.23. The van der Waals surface area contributed by atoms with E-state index in [4.69, 9.17) is 11.0 Å². The number of benzene rings is 4. The Labute approximate surface area is 122 Å². The fourth-order valence-electron chi connectivity index (χ4n) is 3.29. The van der Waals surface area contributed by atoms with Gasteiger partial charge in [-0.3, -0.25) is 0 Å². The molecule has 4 rings (SSSR count). The Kier molecular flexibility index (Phi) is 2.57. The second kappa shape index (κ2) is 4.44. The summed E-state index contributed by atoms with van der Waals surface area (Å²) < 4.78 is 0. The van der Waals surface area contributed by atoms with Gasteiger partial charge in [0.05, 0.1) is 12.5 Å². The summed E-state index contributed by atoms with van der Waals surface area (Å²) in [5.41, 5.74) is 7.24. The predicted molar refractivity (Wildman–Crippen MR) is 87.3 cm³/mol. The molecule has 0 radical (unpaired) electrons. The summed E-state index contributed by atoms with van der Waals surface area (Å²) in [5, 5.41) is 16.3. The first kappa shape index (κ1) is 12.1. The van der Waals surface area contributed by atoms with Crippen LogP contribution in [0.5, 0.6) is 0 Å². The second-order valence-corrected chi connectivity index (χ2v) is 5.48. The van der Waals surface area contributed by atoms with E-state index in [1.807, 2.05) is 0 Å². The highest BCUT2D eigenvalue weighted by atomic mass is 14.6. The molecule has 0 saturated heterocycles. The van der Waals surface area contributed by atoms with Crippen LogP contribution in [0.4, 0.5) is 0 Å². The van der Waals surface area contributed by atoms with Crippen LogP contribution in [-0.4, -0.2) is 0 Å². The lowest BCUT2D eigenvalue weighted by Crippen LogP contribution is -2.09. The van der Waals surface area contributed by atoms with E-state index in [2.05, 4.69) is 60.7 Å². The van der Waals surface area contributed by atoms with Crippen molar-refractivity contribution in [2.45, 2.75) is 12.5 Å². The van der Waals surface area contributed by atoms with Gasteiger partial charge in [-0.1, -0.05) is 54.6 Å². The van der Waals surface area contributed by atoms with E-state index < -0.39 is 0 Å². The molecule has 100 valence electrons. The Morgan fingerprint density at radius 1 is 0.857 bits per heavy atom. The van der Waals surface area contributed by atoms with E-state index in [1.165, 1.54) is 32.3 Å². The monoisotopic (exact) mass is 270 g/mol. The molecule has 4 aromatic carbocycles. The summed E-state index contributed by atoms with van der Waals surface area (Å²) in [6.45, 7) is 0. The number of hydrogen-bond donors (Lipinski definition) is 1. The van der Waals surface area contributed by atoms with Crippen molar-refractivity contribution in [2.75, 3.05) is 0 Å². The number of nitrogens with two attached hydrogens (primary N) is 1. The number of nitriles is 1. The third-order valence-electron chi connectivity index (χ3n) is 4.27. The number of rotatable bonds is 2. The van der Waals surface area contributed by atoms with Gasteiger partial charge in [0.2, 0.25) is 0 Å². The molecule has 2 heteroatoms. The quantitative estimate of drug-likeness (QED) is 0.545. The lowest BCUT2D eigenvalue weighted by atomic mass is 9.89. The highest BCUT2D eigenvalue weighted by Gasteiger charge is 2.14. The van der Waals surface area contributed by atoms with Crippen LogP contribution in [0.3, 0.4) is 0 Å². The van der Waals surface area contributed by atoms with Crippen LogP contribution in [0.1, 0.15) is 18.0 Å². The van der Waals surface area contributed by atoms with E-state index in [1.54, 1.807) is 0 Å². The molecule has 21 heavy (non-hydrogen) atoms. The van der Waals surface area contributed by atoms with E-state index >= 15 is 0 Å². The van der Waals surface area contributed by atoms with Gasteiger partial charge in [0, 0.05) is 6.04 Å². The lowest BCUT2D eigenvalue weighted by Gasteiger charge is -2.16. The third kappa shape index (κ3) is 1.68. The summed E-state index contributed by atoms with van der Waals surface area (Å²) in [6.07, 6.45) is 0.337. The highest BCUT2D eigenvalue weighted by Crippen LogP contribution is 2.37. The summed E-state index contributed by atoms with van der Waals surface area (Å²) >= 11 is 0. The third-order valence-corrected chi connectivity index (χ3v) is 4.27. The molecule has 0 spiro atoms. The maximum absolute atomic E-state index is 8.91. The van der Waals surface area contributed by atoms with Crippen LogP contribution >= 0.6 is 0 Å². The van der Waals surface area contributed by atoms with Gasteiger partial charge in [-0.15, -0.1) is 0 Å². The van der Waals surface area contributed by atoms with Gasteiger partial charge >= 0.3 is 0 Å². The summed E-state index contributed by atoms with van der Waals surface area (Å²) in [5.74, 6) is 0. The molecular weight excluding hydrogens is 256 g/mol. The first-order chi connectivity index (χ1) is 10.3. The van der Waals surface area contributed by atoms with Crippen LogP contribution < -0.4 is 5.73 Å². The SMILES string of the molecule is N#CC[C@H](N)c1ccc2ccc3cccc4ccc1c2c34. The van der Waals surface area contributed by atoms with E-state index in [9.17, 15) is 0 Å². The molecule has 0 aliphatic rings. The zero-order valence-electron chi connectivity index (χ0n) is 11.5. The summed E-state index contributed by atoms with van der Waals surface area (Å²) in [4.78, 5) is 0. The van der Waals surface area contributed by atoms with Crippen molar-refractivity contribution in [2.24, 2.45) is 5.73 Å². The van der Waals surface area contributed by atoms with E-state index in [-0.39, 0.29) is 6.04 Å². The largest absolute Gasteiger partial charge is 0.323 e. The second-order valence-electron chi connectivity index (χ2n) is 5.48. The van der Waals surface area contributed by atoms with Gasteiger partial charge in [-0.2, -0.15) is 5.26 Å². The molecule has 0 heterocycles. The van der Waals surface area contributed by atoms with Crippen LogP contribution in [0.2, 0.25) is 0 Å². The Morgan fingerprint density at radius 3 is 2.19 bits per heavy atom. The van der Waals surface area contributed by atoms with Crippen molar-refractivity contribution in [3.8, 4) is 6.07 Å². The van der Waals surface area contributed by atoms with Gasteiger partial charge in [0.1, 0.15) is 0 Å². The molecule has 0 aliphatic heterocycles. The fourth-order valence-corrected chi connectivity index (χ4v) is 3.29. The number of nitrogens with zero attached hydrogens (tertiary/aromatic N) is 1. The average Bonchev–Trinajstić information content (AvgIpc) is 2.52. The van der Waals surface area contributed by atoms with Crippen LogP contribution in [0.15, 0.2) is 54.6 Å². The molecular formula is C19H14N2. The van der Waals surface area contributed by atoms with Gasteiger partial charge in [0.25, 0.3) is 0 Å². The molecule has 2 N–H and O–H groups in total. The first-order valence-electron chi connectivity index (χ1n) is 7.08. The molecule has 2 nitrogen and oxygen atoms in total. The number of hydrogen-bond acceptors (Lipinski definition) is 2.